The van der Waals surface area contributed by atoms with Crippen molar-refractivity contribution >= 4 is 11.8 Å². The van der Waals surface area contributed by atoms with Crippen molar-refractivity contribution in [1.29, 1.82) is 0 Å². The lowest BCUT2D eigenvalue weighted by atomic mass is 10.2. The molecular weight excluding hydrogens is 218 g/mol. The Kier molecular flexibility index (Phi) is 3.54. The molecule has 0 aromatic carbocycles. The smallest absolute Gasteiger partial charge is 0.102 e. The number of nitrogens with two attached hydrogens (primary N) is 1. The van der Waals surface area contributed by atoms with Crippen molar-refractivity contribution in [3.8, 4) is 0 Å². The van der Waals surface area contributed by atoms with Crippen LogP contribution < -0.4 is 5.73 Å². The fraction of sp³-hybridized carbons (Fsp3) is 0.167. The molecule has 0 saturated carbocycles. The predicted molar refractivity (Wildman–Crippen MR) is 65.2 cm³/mol. The van der Waals surface area contributed by atoms with Gasteiger partial charge < -0.3 is 5.73 Å². The van der Waals surface area contributed by atoms with Gasteiger partial charge >= 0.3 is 0 Å². The lowest BCUT2D eigenvalue weighted by Crippen LogP contribution is -2.04. The molecule has 0 radical (unpaired) electrons. The Labute approximate surface area is 99.1 Å². The molecule has 4 heteroatoms. The highest BCUT2D eigenvalue weighted by molar-refractivity contribution is 7.99. The van der Waals surface area contributed by atoms with E-state index in [1.54, 1.807) is 18.0 Å². The second kappa shape index (κ2) is 5.09. The number of pyridine rings is 2. The monoisotopic (exact) mass is 231 g/mol. The third kappa shape index (κ3) is 2.81. The Morgan fingerprint density at radius 2 is 1.94 bits per heavy atom. The highest BCUT2D eigenvalue weighted by atomic mass is 32.2. The molecular formula is C12H13N3S. The summed E-state index contributed by atoms with van der Waals surface area (Å²) in [4.78, 5) is 8.57. The molecule has 0 aliphatic heterocycles. The van der Waals surface area contributed by atoms with Crippen LogP contribution in [-0.2, 0) is 0 Å². The summed E-state index contributed by atoms with van der Waals surface area (Å²) in [6, 6.07) is 9.83. The van der Waals surface area contributed by atoms with Crippen molar-refractivity contribution in [1.82, 2.24) is 9.97 Å². The van der Waals surface area contributed by atoms with Gasteiger partial charge in [-0.2, -0.15) is 0 Å². The Balaban J connectivity index is 2.11. The van der Waals surface area contributed by atoms with E-state index in [9.17, 15) is 0 Å². The normalized spacial score (nSPS) is 12.4. The average molecular weight is 231 g/mol. The Morgan fingerprint density at radius 3 is 2.50 bits per heavy atom. The standard InChI is InChI=1S/C12H13N3S/c1-9(13)10-5-6-12(15-8-10)16-11-4-2-3-7-14-11/h2-9H,13H2,1H3/t9-/m1/s1. The van der Waals surface area contributed by atoms with Crippen LogP contribution >= 0.6 is 11.8 Å². The molecule has 2 aromatic rings. The molecule has 2 heterocycles. The minimum atomic E-state index is 0.0291. The van der Waals surface area contributed by atoms with Gasteiger partial charge in [-0.3, -0.25) is 0 Å². The minimum Gasteiger partial charge on any atom is -0.324 e. The van der Waals surface area contributed by atoms with E-state index in [-0.39, 0.29) is 6.04 Å². The Morgan fingerprint density at radius 1 is 1.12 bits per heavy atom. The van der Waals surface area contributed by atoms with E-state index in [1.807, 2.05) is 43.5 Å². The van der Waals surface area contributed by atoms with Crippen LogP contribution in [0.5, 0.6) is 0 Å². The third-order valence-electron chi connectivity index (χ3n) is 2.13. The van der Waals surface area contributed by atoms with E-state index >= 15 is 0 Å². The molecule has 2 rings (SSSR count). The molecule has 82 valence electrons. The SMILES string of the molecule is C[C@@H](N)c1ccc(Sc2ccccn2)nc1. The molecule has 2 aromatic heterocycles. The van der Waals surface area contributed by atoms with E-state index in [0.717, 1.165) is 15.6 Å². The van der Waals surface area contributed by atoms with Gasteiger partial charge in [-0.25, -0.2) is 9.97 Å². The van der Waals surface area contributed by atoms with Crippen molar-refractivity contribution in [2.45, 2.75) is 23.0 Å². The zero-order valence-electron chi connectivity index (χ0n) is 9.00. The summed E-state index contributed by atoms with van der Waals surface area (Å²) < 4.78 is 0. The van der Waals surface area contributed by atoms with Gasteiger partial charge in [-0.05, 0) is 30.7 Å². The van der Waals surface area contributed by atoms with Crippen LogP contribution in [0, 0.1) is 0 Å². The van der Waals surface area contributed by atoms with Gasteiger partial charge in [0.2, 0.25) is 0 Å². The first-order valence-electron chi connectivity index (χ1n) is 5.06. The van der Waals surface area contributed by atoms with Crippen LogP contribution in [0.3, 0.4) is 0 Å². The summed E-state index contributed by atoms with van der Waals surface area (Å²) in [5, 5.41) is 1.88. The number of hydrogen-bond donors (Lipinski definition) is 1. The van der Waals surface area contributed by atoms with Crippen LogP contribution in [0.2, 0.25) is 0 Å². The van der Waals surface area contributed by atoms with Crippen LogP contribution in [0.15, 0.2) is 52.8 Å². The molecule has 0 unspecified atom stereocenters. The maximum absolute atomic E-state index is 5.76. The Hall–Kier alpha value is -1.39. The van der Waals surface area contributed by atoms with Gasteiger partial charge in [-0.15, -0.1) is 0 Å². The molecule has 0 bridgehead atoms. The number of aromatic nitrogens is 2. The number of rotatable bonds is 3. The lowest BCUT2D eigenvalue weighted by molar-refractivity contribution is 0.806. The first-order valence-corrected chi connectivity index (χ1v) is 5.88. The molecule has 0 saturated heterocycles. The van der Waals surface area contributed by atoms with E-state index in [2.05, 4.69) is 9.97 Å². The topological polar surface area (TPSA) is 51.8 Å². The number of nitrogens with zero attached hydrogens (tertiary/aromatic N) is 2. The third-order valence-corrected chi connectivity index (χ3v) is 3.03. The maximum Gasteiger partial charge on any atom is 0.102 e. The second-order valence-corrected chi connectivity index (χ2v) is 4.53. The molecule has 0 aliphatic rings. The van der Waals surface area contributed by atoms with Crippen molar-refractivity contribution in [2.24, 2.45) is 5.73 Å². The van der Waals surface area contributed by atoms with Crippen LogP contribution in [-0.4, -0.2) is 9.97 Å². The van der Waals surface area contributed by atoms with Gasteiger partial charge in [0.05, 0.1) is 0 Å². The summed E-state index contributed by atoms with van der Waals surface area (Å²) in [6.45, 7) is 1.95. The first kappa shape index (κ1) is 11.1. The van der Waals surface area contributed by atoms with Crippen molar-refractivity contribution in [3.05, 3.63) is 48.3 Å². The lowest BCUT2D eigenvalue weighted by Gasteiger charge is -2.05. The molecule has 1 atom stereocenters. The molecule has 2 N–H and O–H groups in total. The van der Waals surface area contributed by atoms with E-state index in [1.165, 1.54) is 0 Å². The molecule has 16 heavy (non-hydrogen) atoms. The summed E-state index contributed by atoms with van der Waals surface area (Å²) >= 11 is 1.54. The fourth-order valence-corrected chi connectivity index (χ4v) is 1.95. The number of hydrogen-bond acceptors (Lipinski definition) is 4. The first-order chi connectivity index (χ1) is 7.75. The van der Waals surface area contributed by atoms with Crippen LogP contribution in [0.25, 0.3) is 0 Å². The maximum atomic E-state index is 5.76. The fourth-order valence-electron chi connectivity index (χ4n) is 1.24. The summed E-state index contributed by atoms with van der Waals surface area (Å²) in [5.74, 6) is 0. The largest absolute Gasteiger partial charge is 0.324 e. The summed E-state index contributed by atoms with van der Waals surface area (Å²) in [5.41, 5.74) is 6.80. The van der Waals surface area contributed by atoms with Gasteiger partial charge in [0.15, 0.2) is 0 Å². The molecule has 0 fully saturated rings. The van der Waals surface area contributed by atoms with Crippen molar-refractivity contribution < 1.29 is 0 Å². The molecule has 0 amide bonds. The Bertz CT molecular complexity index is 440. The zero-order chi connectivity index (χ0) is 11.4. The van der Waals surface area contributed by atoms with Crippen molar-refractivity contribution in [3.63, 3.8) is 0 Å². The second-order valence-electron chi connectivity index (χ2n) is 3.49. The van der Waals surface area contributed by atoms with E-state index in [4.69, 9.17) is 5.73 Å². The zero-order valence-corrected chi connectivity index (χ0v) is 9.82. The summed E-state index contributed by atoms with van der Waals surface area (Å²) in [6.07, 6.45) is 3.59. The van der Waals surface area contributed by atoms with Gasteiger partial charge in [0, 0.05) is 18.4 Å². The minimum absolute atomic E-state index is 0.0291. The average Bonchev–Trinajstić information content (AvgIpc) is 2.31. The molecule has 0 spiro atoms. The highest BCUT2D eigenvalue weighted by Gasteiger charge is 2.02. The quantitative estimate of drug-likeness (QED) is 0.882. The van der Waals surface area contributed by atoms with Gasteiger partial charge in [-0.1, -0.05) is 23.9 Å². The van der Waals surface area contributed by atoms with Gasteiger partial charge in [0.25, 0.3) is 0 Å². The van der Waals surface area contributed by atoms with Crippen LogP contribution in [0.4, 0.5) is 0 Å². The van der Waals surface area contributed by atoms with E-state index < -0.39 is 0 Å². The predicted octanol–water partition coefficient (Wildman–Crippen LogP) is 2.65. The van der Waals surface area contributed by atoms with E-state index in [0.29, 0.717) is 0 Å². The highest BCUT2D eigenvalue weighted by Crippen LogP contribution is 2.24. The van der Waals surface area contributed by atoms with Crippen molar-refractivity contribution in [2.75, 3.05) is 0 Å². The van der Waals surface area contributed by atoms with Crippen LogP contribution in [0.1, 0.15) is 18.5 Å². The molecule has 3 nitrogen and oxygen atoms in total. The summed E-state index contributed by atoms with van der Waals surface area (Å²) in [7, 11) is 0. The molecule has 0 aliphatic carbocycles. The van der Waals surface area contributed by atoms with Gasteiger partial charge in [0.1, 0.15) is 10.1 Å².